The Bertz CT molecular complexity index is 904. The predicted molar refractivity (Wildman–Crippen MR) is 109 cm³/mol. The lowest BCUT2D eigenvalue weighted by Crippen LogP contribution is -2.21. The largest absolute Gasteiger partial charge is 0.506 e. The van der Waals surface area contributed by atoms with Crippen LogP contribution in [-0.4, -0.2) is 52.1 Å². The van der Waals surface area contributed by atoms with E-state index >= 15 is 0 Å². The smallest absolute Gasteiger partial charge is 0.225 e. The van der Waals surface area contributed by atoms with E-state index in [0.29, 0.717) is 34.7 Å². The summed E-state index contributed by atoms with van der Waals surface area (Å²) in [5.74, 6) is 1.08. The monoisotopic (exact) mass is 384 g/mol. The number of likely N-dealkylation sites (N-methyl/N-ethyl adjacent to an activating group) is 1. The number of nitrogens with one attached hydrogen (secondary N) is 2. The number of hydrogen-bond acceptors (Lipinski definition) is 7. The topological polar surface area (TPSA) is 86.2 Å². The van der Waals surface area contributed by atoms with Crippen LogP contribution in [0.15, 0.2) is 48.7 Å². The van der Waals surface area contributed by atoms with E-state index in [1.165, 1.54) is 6.07 Å². The molecule has 3 aromatic rings. The Labute approximate surface area is 163 Å². The summed E-state index contributed by atoms with van der Waals surface area (Å²) in [6.45, 7) is 1.54. The molecule has 0 radical (unpaired) electrons. The van der Waals surface area contributed by atoms with E-state index in [-0.39, 0.29) is 5.75 Å². The SMILES string of the molecule is CN(C)CCNc1nc(Nc2cc(Cl)ccc2O)cc(-c2ccccn2)n1. The highest BCUT2D eigenvalue weighted by molar-refractivity contribution is 6.30. The molecule has 2 aromatic heterocycles. The van der Waals surface area contributed by atoms with Crippen molar-refractivity contribution in [2.75, 3.05) is 37.8 Å². The van der Waals surface area contributed by atoms with Crippen molar-refractivity contribution >= 4 is 29.1 Å². The summed E-state index contributed by atoms with van der Waals surface area (Å²) in [7, 11) is 4.00. The summed E-state index contributed by atoms with van der Waals surface area (Å²) < 4.78 is 0. The van der Waals surface area contributed by atoms with Crippen LogP contribution in [0.3, 0.4) is 0 Å². The molecule has 0 atom stereocenters. The van der Waals surface area contributed by atoms with Crippen LogP contribution in [0.2, 0.25) is 5.02 Å². The van der Waals surface area contributed by atoms with Crippen LogP contribution < -0.4 is 10.6 Å². The zero-order valence-electron chi connectivity index (χ0n) is 15.1. The second kappa shape index (κ2) is 8.66. The Hall–Kier alpha value is -2.90. The lowest BCUT2D eigenvalue weighted by Gasteiger charge is -2.13. The fourth-order valence-corrected chi connectivity index (χ4v) is 2.55. The molecular weight excluding hydrogens is 364 g/mol. The van der Waals surface area contributed by atoms with E-state index in [4.69, 9.17) is 11.6 Å². The minimum atomic E-state index is 0.0829. The number of aromatic nitrogens is 3. The summed E-state index contributed by atoms with van der Waals surface area (Å²) in [4.78, 5) is 15.5. The average molecular weight is 385 g/mol. The zero-order valence-corrected chi connectivity index (χ0v) is 15.9. The Morgan fingerprint density at radius 2 is 1.93 bits per heavy atom. The van der Waals surface area contributed by atoms with Crippen LogP contribution in [0.25, 0.3) is 11.4 Å². The molecular formula is C19H21ClN6O. The summed E-state index contributed by atoms with van der Waals surface area (Å²) in [6.07, 6.45) is 1.71. The molecule has 0 aliphatic heterocycles. The number of hydrogen-bond donors (Lipinski definition) is 3. The van der Waals surface area contributed by atoms with Crippen LogP contribution in [-0.2, 0) is 0 Å². The van der Waals surface area contributed by atoms with Gasteiger partial charge in [-0.1, -0.05) is 17.7 Å². The predicted octanol–water partition coefficient (Wildman–Crippen LogP) is 3.61. The van der Waals surface area contributed by atoms with Gasteiger partial charge in [-0.05, 0) is 44.4 Å². The van der Waals surface area contributed by atoms with Gasteiger partial charge in [-0.3, -0.25) is 4.98 Å². The Balaban J connectivity index is 1.92. The Morgan fingerprint density at radius 3 is 2.67 bits per heavy atom. The summed E-state index contributed by atoms with van der Waals surface area (Å²) in [5.41, 5.74) is 1.86. The number of rotatable bonds is 7. The maximum atomic E-state index is 10.1. The second-order valence-electron chi connectivity index (χ2n) is 6.19. The maximum Gasteiger partial charge on any atom is 0.225 e. The molecule has 0 aliphatic rings. The van der Waals surface area contributed by atoms with Gasteiger partial charge in [0.15, 0.2) is 0 Å². The van der Waals surface area contributed by atoms with Crippen molar-refractivity contribution in [2.45, 2.75) is 0 Å². The van der Waals surface area contributed by atoms with Gasteiger partial charge in [0.2, 0.25) is 5.95 Å². The molecule has 3 N–H and O–H groups in total. The van der Waals surface area contributed by atoms with Gasteiger partial charge in [0.25, 0.3) is 0 Å². The first-order valence-corrected chi connectivity index (χ1v) is 8.84. The van der Waals surface area contributed by atoms with Crippen LogP contribution >= 0.6 is 11.6 Å². The van der Waals surface area contributed by atoms with Crippen molar-refractivity contribution in [3.63, 3.8) is 0 Å². The van der Waals surface area contributed by atoms with Crippen molar-refractivity contribution in [2.24, 2.45) is 0 Å². The second-order valence-corrected chi connectivity index (χ2v) is 6.63. The quantitative estimate of drug-likeness (QED) is 0.536. The minimum absolute atomic E-state index is 0.0829. The molecule has 2 heterocycles. The summed E-state index contributed by atoms with van der Waals surface area (Å²) in [5, 5.41) is 16.9. The number of nitrogens with zero attached hydrogens (tertiary/aromatic N) is 4. The van der Waals surface area contributed by atoms with E-state index in [0.717, 1.165) is 12.2 Å². The number of phenols is 1. The van der Waals surface area contributed by atoms with Crippen LogP contribution in [0.1, 0.15) is 0 Å². The van der Waals surface area contributed by atoms with Gasteiger partial charge in [-0.2, -0.15) is 4.98 Å². The third kappa shape index (κ3) is 5.29. The van der Waals surface area contributed by atoms with Gasteiger partial charge < -0.3 is 20.6 Å². The van der Waals surface area contributed by atoms with Crippen molar-refractivity contribution in [1.82, 2.24) is 19.9 Å². The number of anilines is 3. The molecule has 1 aromatic carbocycles. The molecule has 0 spiro atoms. The minimum Gasteiger partial charge on any atom is -0.506 e. The van der Waals surface area contributed by atoms with Crippen molar-refractivity contribution in [1.29, 1.82) is 0 Å². The number of pyridine rings is 1. The van der Waals surface area contributed by atoms with Crippen molar-refractivity contribution < 1.29 is 5.11 Å². The van der Waals surface area contributed by atoms with E-state index in [1.807, 2.05) is 32.3 Å². The van der Waals surface area contributed by atoms with Crippen LogP contribution in [0, 0.1) is 0 Å². The van der Waals surface area contributed by atoms with E-state index in [9.17, 15) is 5.11 Å². The van der Waals surface area contributed by atoms with Gasteiger partial charge in [0, 0.05) is 30.4 Å². The van der Waals surface area contributed by atoms with E-state index in [2.05, 4.69) is 30.5 Å². The Kier molecular flexibility index (Phi) is 6.05. The van der Waals surface area contributed by atoms with E-state index < -0.39 is 0 Å². The first-order valence-electron chi connectivity index (χ1n) is 8.46. The molecule has 27 heavy (non-hydrogen) atoms. The molecule has 0 fully saturated rings. The number of benzene rings is 1. The van der Waals surface area contributed by atoms with Crippen molar-refractivity contribution in [3.8, 4) is 17.1 Å². The molecule has 0 bridgehead atoms. The lowest BCUT2D eigenvalue weighted by atomic mass is 10.2. The molecule has 0 aliphatic carbocycles. The number of phenolic OH excluding ortho intramolecular Hbond substituents is 1. The highest BCUT2D eigenvalue weighted by atomic mass is 35.5. The average Bonchev–Trinajstić information content (AvgIpc) is 2.65. The van der Waals surface area contributed by atoms with Gasteiger partial charge in [0.1, 0.15) is 11.6 Å². The maximum absolute atomic E-state index is 10.1. The molecule has 0 unspecified atom stereocenters. The normalized spacial score (nSPS) is 10.8. The highest BCUT2D eigenvalue weighted by Gasteiger charge is 2.10. The van der Waals surface area contributed by atoms with Crippen LogP contribution in [0.5, 0.6) is 5.75 Å². The zero-order chi connectivity index (χ0) is 19.2. The van der Waals surface area contributed by atoms with Crippen LogP contribution in [0.4, 0.5) is 17.5 Å². The standard InChI is InChI=1S/C19H21ClN6O/c1-26(2)10-9-22-19-24-15(14-5-3-4-8-21-14)12-18(25-19)23-16-11-13(20)6-7-17(16)27/h3-8,11-12,27H,9-10H2,1-2H3,(H2,22,23,24,25). The molecule has 140 valence electrons. The number of aromatic hydroxyl groups is 1. The molecule has 3 rings (SSSR count). The highest BCUT2D eigenvalue weighted by Crippen LogP contribution is 2.30. The van der Waals surface area contributed by atoms with Crippen molar-refractivity contribution in [3.05, 3.63) is 53.7 Å². The Morgan fingerprint density at radius 1 is 1.07 bits per heavy atom. The van der Waals surface area contributed by atoms with Gasteiger partial charge >= 0.3 is 0 Å². The first kappa shape index (κ1) is 18.9. The van der Waals surface area contributed by atoms with Gasteiger partial charge in [0.05, 0.1) is 17.1 Å². The summed E-state index contributed by atoms with van der Waals surface area (Å²) >= 11 is 6.03. The fraction of sp³-hybridized carbons (Fsp3) is 0.211. The third-order valence-electron chi connectivity index (χ3n) is 3.72. The summed E-state index contributed by atoms with van der Waals surface area (Å²) in [6, 6.07) is 12.2. The third-order valence-corrected chi connectivity index (χ3v) is 3.95. The number of halogens is 1. The van der Waals surface area contributed by atoms with E-state index in [1.54, 1.807) is 24.4 Å². The molecule has 0 saturated heterocycles. The molecule has 8 heteroatoms. The molecule has 7 nitrogen and oxygen atoms in total. The molecule has 0 saturated carbocycles. The molecule has 0 amide bonds. The van der Waals surface area contributed by atoms with Gasteiger partial charge in [-0.25, -0.2) is 4.98 Å². The fourth-order valence-electron chi connectivity index (χ4n) is 2.37. The van der Waals surface area contributed by atoms with Gasteiger partial charge in [-0.15, -0.1) is 0 Å². The first-order chi connectivity index (χ1) is 13.0. The lowest BCUT2D eigenvalue weighted by molar-refractivity contribution is 0.425.